The number of nitrogens with zero attached hydrogens (tertiary/aromatic N) is 3. The fourth-order valence-electron chi connectivity index (χ4n) is 2.60. The summed E-state index contributed by atoms with van der Waals surface area (Å²) in [4.78, 5) is 0.195. The molecule has 3 rings (SSSR count). The minimum absolute atomic E-state index is 0.0598. The van der Waals surface area contributed by atoms with E-state index >= 15 is 0 Å². The van der Waals surface area contributed by atoms with E-state index in [2.05, 4.69) is 14.9 Å². The Balaban J connectivity index is 1.89. The third-order valence-corrected chi connectivity index (χ3v) is 5.28. The molecule has 1 N–H and O–H groups in total. The molecular formula is C19H18F4N4O2S. The van der Waals surface area contributed by atoms with Gasteiger partial charge in [-0.1, -0.05) is 22.8 Å². The molecular weight excluding hydrogens is 424 g/mol. The van der Waals surface area contributed by atoms with Gasteiger partial charge >= 0.3 is 12.2 Å². The number of aryl methyl sites for hydroxylation is 1. The van der Waals surface area contributed by atoms with Gasteiger partial charge in [0, 0.05) is 6.54 Å². The van der Waals surface area contributed by atoms with E-state index in [9.17, 15) is 22.1 Å². The smallest absolute Gasteiger partial charge is 0.415 e. The van der Waals surface area contributed by atoms with Gasteiger partial charge in [0.2, 0.25) is 6.04 Å². The highest BCUT2D eigenvalue weighted by atomic mass is 32.2. The lowest BCUT2D eigenvalue weighted by Gasteiger charge is -2.22. The normalized spacial score (nSPS) is 13.8. The summed E-state index contributed by atoms with van der Waals surface area (Å²) in [5, 5.41) is 7.31. The number of rotatable bonds is 7. The van der Waals surface area contributed by atoms with Gasteiger partial charge in [-0.15, -0.1) is 9.82 Å². The van der Waals surface area contributed by atoms with Gasteiger partial charge in [-0.3, -0.25) is 4.57 Å². The first-order valence-electron chi connectivity index (χ1n) is 8.87. The lowest BCUT2D eigenvalue weighted by atomic mass is 10.2. The van der Waals surface area contributed by atoms with Crippen LogP contribution in [0.4, 0.5) is 17.6 Å². The lowest BCUT2D eigenvalue weighted by molar-refractivity contribution is -0.155. The van der Waals surface area contributed by atoms with Gasteiger partial charge in [0.15, 0.2) is 10.7 Å². The largest absolute Gasteiger partial charge is 0.593 e. The van der Waals surface area contributed by atoms with Crippen molar-refractivity contribution in [2.24, 2.45) is 0 Å². The number of ether oxygens (including phenoxy) is 1. The van der Waals surface area contributed by atoms with Crippen LogP contribution >= 0.6 is 0 Å². The van der Waals surface area contributed by atoms with Crippen LogP contribution in [0.5, 0.6) is 11.8 Å². The highest BCUT2D eigenvalue weighted by Crippen LogP contribution is 2.35. The quantitative estimate of drug-likeness (QED) is 0.432. The molecule has 0 fully saturated rings. The van der Waals surface area contributed by atoms with E-state index in [1.165, 1.54) is 24.3 Å². The second-order valence-corrected chi connectivity index (χ2v) is 7.56. The van der Waals surface area contributed by atoms with Crippen LogP contribution in [0.15, 0.2) is 53.4 Å². The average Bonchev–Trinajstić information content (AvgIpc) is 3.09. The zero-order valence-electron chi connectivity index (χ0n) is 16.0. The van der Waals surface area contributed by atoms with Crippen molar-refractivity contribution in [2.75, 3.05) is 0 Å². The minimum Gasteiger partial charge on any atom is -0.593 e. The molecule has 0 spiro atoms. The van der Waals surface area contributed by atoms with E-state index < -0.39 is 35.2 Å². The van der Waals surface area contributed by atoms with Gasteiger partial charge in [0.1, 0.15) is 11.6 Å². The highest BCUT2D eigenvalue weighted by Gasteiger charge is 2.47. The molecule has 0 aliphatic carbocycles. The third kappa shape index (κ3) is 5.10. The number of hydrogen-bond acceptors (Lipinski definition) is 5. The Hall–Kier alpha value is -2.63. The van der Waals surface area contributed by atoms with Crippen molar-refractivity contribution >= 4 is 11.4 Å². The van der Waals surface area contributed by atoms with Crippen LogP contribution in [0.2, 0.25) is 0 Å². The van der Waals surface area contributed by atoms with Crippen LogP contribution in [-0.4, -0.2) is 25.5 Å². The molecule has 160 valence electrons. The summed E-state index contributed by atoms with van der Waals surface area (Å²) in [6, 6.07) is 8.65. The van der Waals surface area contributed by atoms with Crippen LogP contribution in [0, 0.1) is 12.7 Å². The van der Waals surface area contributed by atoms with Crippen LogP contribution in [0.25, 0.3) is 0 Å². The Morgan fingerprint density at radius 2 is 1.73 bits per heavy atom. The number of nitrogens with one attached hydrogen (secondary N) is 1. The Morgan fingerprint density at radius 1 is 1.10 bits per heavy atom. The first kappa shape index (κ1) is 22.1. The summed E-state index contributed by atoms with van der Waals surface area (Å²) in [6.07, 6.45) is -4.80. The molecule has 0 radical (unpaired) electrons. The maximum absolute atomic E-state index is 13.8. The highest BCUT2D eigenvalue weighted by molar-refractivity contribution is 7.89. The SMILES string of the molecule is CCn1c(Oc2ccc(F)cc2)nnc1C(N[S+]([O-])c1ccc(C)cc1)C(F)(F)F. The van der Waals surface area contributed by atoms with Crippen molar-refractivity contribution < 1.29 is 26.9 Å². The zero-order valence-corrected chi connectivity index (χ0v) is 16.8. The van der Waals surface area contributed by atoms with Crippen molar-refractivity contribution in [2.45, 2.75) is 37.5 Å². The van der Waals surface area contributed by atoms with Crippen LogP contribution in [0.3, 0.4) is 0 Å². The van der Waals surface area contributed by atoms with Gasteiger partial charge in [0.25, 0.3) is 0 Å². The predicted octanol–water partition coefficient (Wildman–Crippen LogP) is 4.45. The Labute approximate surface area is 173 Å². The molecule has 1 heterocycles. The van der Waals surface area contributed by atoms with Crippen molar-refractivity contribution in [1.82, 2.24) is 19.5 Å². The fraction of sp³-hybridized carbons (Fsp3) is 0.263. The summed E-state index contributed by atoms with van der Waals surface area (Å²) < 4.78 is 75.5. The van der Waals surface area contributed by atoms with Gasteiger partial charge in [-0.25, -0.2) is 4.39 Å². The molecule has 2 aromatic carbocycles. The van der Waals surface area contributed by atoms with Gasteiger partial charge in [-0.2, -0.15) is 13.2 Å². The first-order chi connectivity index (χ1) is 14.2. The topological polar surface area (TPSA) is 75.0 Å². The molecule has 1 aromatic heterocycles. The van der Waals surface area contributed by atoms with Crippen LogP contribution < -0.4 is 9.46 Å². The number of aromatic nitrogens is 3. The first-order valence-corrected chi connectivity index (χ1v) is 10.0. The van der Waals surface area contributed by atoms with Crippen molar-refractivity contribution in [1.29, 1.82) is 0 Å². The molecule has 0 bridgehead atoms. The summed E-state index contributed by atoms with van der Waals surface area (Å²) >= 11 is -2.14. The molecule has 0 amide bonds. The number of halogens is 4. The van der Waals surface area contributed by atoms with E-state index in [0.29, 0.717) is 0 Å². The molecule has 2 atom stereocenters. The minimum atomic E-state index is -4.80. The summed E-state index contributed by atoms with van der Waals surface area (Å²) in [5.41, 5.74) is 0.886. The molecule has 2 unspecified atom stereocenters. The monoisotopic (exact) mass is 442 g/mol. The molecule has 0 saturated heterocycles. The molecule has 6 nitrogen and oxygen atoms in total. The Bertz CT molecular complexity index is 978. The Morgan fingerprint density at radius 3 is 2.30 bits per heavy atom. The molecule has 0 aliphatic heterocycles. The molecule has 0 aliphatic rings. The summed E-state index contributed by atoms with van der Waals surface area (Å²) in [5.74, 6) is -0.799. The number of alkyl halides is 3. The standard InChI is InChI=1S/C19H18F4N4O2S/c1-3-27-17(24-25-18(27)29-14-8-6-13(20)7-9-14)16(19(21,22)23)26-30(28)15-10-4-12(2)5-11-15/h4-11,16,26H,3H2,1-2H3. The molecule has 0 saturated carbocycles. The van der Waals surface area contributed by atoms with Crippen molar-refractivity contribution in [3.63, 3.8) is 0 Å². The second-order valence-electron chi connectivity index (χ2n) is 6.32. The van der Waals surface area contributed by atoms with Crippen LogP contribution in [0.1, 0.15) is 24.4 Å². The molecule has 3 aromatic rings. The van der Waals surface area contributed by atoms with Crippen molar-refractivity contribution in [3.8, 4) is 11.8 Å². The summed E-state index contributed by atoms with van der Waals surface area (Å²) in [7, 11) is 0. The van der Waals surface area contributed by atoms with Gasteiger partial charge in [-0.05, 0) is 50.2 Å². The zero-order chi connectivity index (χ0) is 21.9. The number of hydrogen-bond donors (Lipinski definition) is 1. The van der Waals surface area contributed by atoms with E-state index in [0.717, 1.165) is 22.3 Å². The fourth-order valence-corrected chi connectivity index (χ4v) is 3.57. The molecule has 11 heteroatoms. The second kappa shape index (κ2) is 9.02. The van der Waals surface area contributed by atoms with E-state index in [1.54, 1.807) is 19.1 Å². The Kier molecular flexibility index (Phi) is 6.64. The van der Waals surface area contributed by atoms with E-state index in [-0.39, 0.29) is 23.2 Å². The van der Waals surface area contributed by atoms with Gasteiger partial charge < -0.3 is 9.29 Å². The van der Waals surface area contributed by atoms with E-state index in [4.69, 9.17) is 4.74 Å². The lowest BCUT2D eigenvalue weighted by Crippen LogP contribution is -2.39. The van der Waals surface area contributed by atoms with Gasteiger partial charge in [0.05, 0.1) is 11.4 Å². The molecule has 30 heavy (non-hydrogen) atoms. The maximum Gasteiger partial charge on any atom is 0.415 e. The summed E-state index contributed by atoms with van der Waals surface area (Å²) in [6.45, 7) is 3.46. The average molecular weight is 442 g/mol. The maximum atomic E-state index is 13.8. The third-order valence-electron chi connectivity index (χ3n) is 4.13. The van der Waals surface area contributed by atoms with Crippen LogP contribution in [-0.2, 0) is 17.9 Å². The number of benzene rings is 2. The van der Waals surface area contributed by atoms with Crippen molar-refractivity contribution in [3.05, 3.63) is 65.7 Å². The predicted molar refractivity (Wildman–Crippen MR) is 102 cm³/mol. The van der Waals surface area contributed by atoms with E-state index in [1.807, 2.05) is 6.92 Å².